The number of carbonyl (C=O) groups excluding carboxylic acids is 4. The van der Waals surface area contributed by atoms with E-state index in [0.29, 0.717) is 45.1 Å². The highest BCUT2D eigenvalue weighted by atomic mass is 32.2. The minimum atomic E-state index is -0.514. The lowest BCUT2D eigenvalue weighted by atomic mass is 10.0. The Balaban J connectivity index is 1.51. The lowest BCUT2D eigenvalue weighted by molar-refractivity contribution is -0.118. The van der Waals surface area contributed by atoms with E-state index in [1.54, 1.807) is 24.3 Å². The number of carbonyl (C=O) groups is 4. The molecular weight excluding hydrogens is 573 g/mol. The number of nitrogens with one attached hydrogen (secondary N) is 6. The van der Waals surface area contributed by atoms with E-state index >= 15 is 0 Å². The maximum Gasteiger partial charge on any atom is 0.252 e. The van der Waals surface area contributed by atoms with Crippen LogP contribution in [0.25, 0.3) is 0 Å². The normalized spacial score (nSPS) is 24.0. The Hall–Kier alpha value is -3.06. The van der Waals surface area contributed by atoms with Crippen LogP contribution in [-0.4, -0.2) is 58.3 Å². The molecule has 0 spiro atoms. The second-order valence-corrected chi connectivity index (χ2v) is 15.1. The first kappa shape index (κ1) is 30.4. The number of rotatable bonds is 2. The molecule has 2 fully saturated rings. The molecule has 6 N–H and O–H groups in total. The van der Waals surface area contributed by atoms with Gasteiger partial charge < -0.3 is 21.3 Å². The van der Waals surface area contributed by atoms with Crippen molar-refractivity contribution in [2.75, 3.05) is 22.1 Å². The zero-order chi connectivity index (χ0) is 30.4. The van der Waals surface area contributed by atoms with Crippen molar-refractivity contribution >= 4 is 58.5 Å². The van der Waals surface area contributed by atoms with Gasteiger partial charge in [-0.2, -0.15) is 0 Å². The third-order valence-corrected chi connectivity index (χ3v) is 9.36. The molecule has 0 saturated carbocycles. The smallest absolute Gasteiger partial charge is 0.252 e. The second-order valence-electron chi connectivity index (χ2n) is 12.9. The summed E-state index contributed by atoms with van der Waals surface area (Å²) < 4.78 is 0. The van der Waals surface area contributed by atoms with E-state index in [2.05, 4.69) is 31.9 Å². The second kappa shape index (κ2) is 11.6. The molecule has 10 nitrogen and oxygen atoms in total. The highest BCUT2D eigenvalue weighted by molar-refractivity contribution is 8.00. The van der Waals surface area contributed by atoms with Gasteiger partial charge in [0.15, 0.2) is 0 Å². The molecule has 5 rings (SSSR count). The van der Waals surface area contributed by atoms with Gasteiger partial charge in [-0.3, -0.25) is 29.8 Å². The average molecular weight is 611 g/mol. The molecule has 0 radical (unpaired) electrons. The molecule has 4 unspecified atom stereocenters. The lowest BCUT2D eigenvalue weighted by Gasteiger charge is -2.24. The largest absolute Gasteiger partial charge is 0.347 e. The summed E-state index contributed by atoms with van der Waals surface area (Å²) in [7, 11) is 0. The third-order valence-electron chi connectivity index (χ3n) is 6.87. The number of anilines is 2. The molecule has 0 aromatic heterocycles. The van der Waals surface area contributed by atoms with Crippen LogP contribution in [-0.2, 0) is 9.59 Å². The van der Waals surface area contributed by atoms with Crippen molar-refractivity contribution in [2.45, 2.75) is 75.5 Å². The molecule has 3 aliphatic rings. The maximum absolute atomic E-state index is 13.4. The van der Waals surface area contributed by atoms with Crippen molar-refractivity contribution in [3.63, 3.8) is 0 Å². The number of hydrogen-bond donors (Lipinski definition) is 6. The van der Waals surface area contributed by atoms with Crippen LogP contribution < -0.4 is 31.9 Å². The Morgan fingerprint density at radius 2 is 1.07 bits per heavy atom. The fraction of sp³-hybridized carbons (Fsp3) is 0.467. The van der Waals surface area contributed by atoms with Crippen LogP contribution >= 0.6 is 23.5 Å². The maximum atomic E-state index is 13.4. The Morgan fingerprint density at radius 3 is 1.43 bits per heavy atom. The van der Waals surface area contributed by atoms with Crippen molar-refractivity contribution in [3.8, 4) is 0 Å². The summed E-state index contributed by atoms with van der Waals surface area (Å²) in [6.07, 6.45) is 0. The van der Waals surface area contributed by atoms with Gasteiger partial charge in [-0.05, 0) is 89.1 Å². The molecule has 42 heavy (non-hydrogen) atoms. The summed E-state index contributed by atoms with van der Waals surface area (Å²) in [5.41, 5.74) is 2.63. The van der Waals surface area contributed by atoms with Crippen LogP contribution in [0.3, 0.4) is 0 Å². The number of fused-ring (bicyclic) bond motifs is 10. The highest BCUT2D eigenvalue weighted by Crippen LogP contribution is 2.39. The predicted octanol–water partition coefficient (Wildman–Crippen LogP) is 3.74. The van der Waals surface area contributed by atoms with E-state index in [1.807, 2.05) is 53.7 Å². The van der Waals surface area contributed by atoms with Crippen LogP contribution in [0.1, 0.15) is 84.1 Å². The summed E-state index contributed by atoms with van der Waals surface area (Å²) in [4.78, 5) is 53.2. The molecule has 12 heteroatoms. The summed E-state index contributed by atoms with van der Waals surface area (Å²) in [6.45, 7) is 11.5. The molecule has 8 bridgehead atoms. The lowest BCUT2D eigenvalue weighted by Crippen LogP contribution is -2.42. The monoisotopic (exact) mass is 610 g/mol. The zero-order valence-electron chi connectivity index (χ0n) is 24.6. The molecule has 0 aliphatic carbocycles. The van der Waals surface area contributed by atoms with Crippen LogP contribution in [0, 0.1) is 0 Å². The predicted molar refractivity (Wildman–Crippen MR) is 169 cm³/mol. The van der Waals surface area contributed by atoms with E-state index in [9.17, 15) is 19.2 Å². The Morgan fingerprint density at radius 1 is 0.690 bits per heavy atom. The minimum absolute atomic E-state index is 0.204. The summed E-state index contributed by atoms with van der Waals surface area (Å²) in [6, 6.07) is 9.48. The molecule has 4 amide bonds. The van der Waals surface area contributed by atoms with Gasteiger partial charge in [0.1, 0.15) is 0 Å². The molecule has 3 aliphatic heterocycles. The third kappa shape index (κ3) is 6.94. The molecular formula is C30H38N6O4S2. The van der Waals surface area contributed by atoms with Gasteiger partial charge in [0.05, 0.1) is 22.8 Å². The van der Waals surface area contributed by atoms with Crippen LogP contribution in [0.5, 0.6) is 0 Å². The molecule has 2 aromatic rings. The van der Waals surface area contributed by atoms with Crippen LogP contribution in [0.2, 0.25) is 0 Å². The molecule has 4 atom stereocenters. The van der Waals surface area contributed by atoms with Crippen molar-refractivity contribution in [1.29, 1.82) is 0 Å². The van der Waals surface area contributed by atoms with Gasteiger partial charge in [0.2, 0.25) is 11.8 Å². The van der Waals surface area contributed by atoms with Crippen molar-refractivity contribution < 1.29 is 19.2 Å². The molecule has 224 valence electrons. The standard InChI is InChI=1S/C30H38N6O4S2/c1-29(2,3)35-23(37)17-9-7-15-11-19(17)27-33-21(13-41-27)25(39)32-16-8-10-18(24(38)36-30(4,5)6)20(12-16)28-34-22(14-42-28)26(40)31-15/h7-12,21-22,27-28,33-34H,13-14H2,1-6H3,(H,31,40)(H,32,39)(H,35,37)(H,36,38). The van der Waals surface area contributed by atoms with Crippen molar-refractivity contribution in [1.82, 2.24) is 21.3 Å². The SMILES string of the molecule is CC(C)(C)NC(=O)c1ccc2cc1C1NC(CS1)C(=O)Nc1ccc(C(=O)NC(C)(C)C)c(c1)C1NC(CS1)C(=O)N2. The highest BCUT2D eigenvalue weighted by Gasteiger charge is 2.36. The van der Waals surface area contributed by atoms with Crippen LogP contribution in [0.15, 0.2) is 36.4 Å². The van der Waals surface area contributed by atoms with E-state index in [0.717, 1.165) is 0 Å². The van der Waals surface area contributed by atoms with Gasteiger partial charge in [0.25, 0.3) is 11.8 Å². The van der Waals surface area contributed by atoms with Crippen molar-refractivity contribution in [3.05, 3.63) is 58.7 Å². The molecule has 2 saturated heterocycles. The number of thioether (sulfide) groups is 2. The molecule has 2 aromatic carbocycles. The fourth-order valence-corrected chi connectivity index (χ4v) is 7.54. The van der Waals surface area contributed by atoms with E-state index in [1.165, 1.54) is 23.5 Å². The van der Waals surface area contributed by atoms with Gasteiger partial charge >= 0.3 is 0 Å². The number of amides is 4. The molecule has 3 heterocycles. The Labute approximate surface area is 254 Å². The summed E-state index contributed by atoms with van der Waals surface area (Å²) >= 11 is 3.06. The first-order chi connectivity index (χ1) is 19.7. The van der Waals surface area contributed by atoms with Gasteiger partial charge in [-0.15, -0.1) is 23.5 Å². The van der Waals surface area contributed by atoms with E-state index in [-0.39, 0.29) is 34.4 Å². The van der Waals surface area contributed by atoms with Crippen molar-refractivity contribution in [2.24, 2.45) is 0 Å². The van der Waals surface area contributed by atoms with Gasteiger partial charge in [-0.1, -0.05) is 0 Å². The fourth-order valence-electron chi connectivity index (χ4n) is 5.01. The average Bonchev–Trinajstić information content (AvgIpc) is 3.57. The van der Waals surface area contributed by atoms with E-state index < -0.39 is 23.2 Å². The summed E-state index contributed by atoms with van der Waals surface area (Å²) in [5, 5.41) is 18.1. The zero-order valence-corrected chi connectivity index (χ0v) is 26.3. The van der Waals surface area contributed by atoms with Gasteiger partial charge in [0, 0.05) is 45.1 Å². The summed E-state index contributed by atoms with van der Waals surface area (Å²) in [5.74, 6) is 0.137. The number of benzene rings is 2. The Bertz CT molecular complexity index is 1330. The topological polar surface area (TPSA) is 140 Å². The minimum Gasteiger partial charge on any atom is -0.347 e. The first-order valence-electron chi connectivity index (χ1n) is 14.0. The first-order valence-corrected chi connectivity index (χ1v) is 16.1. The van der Waals surface area contributed by atoms with E-state index in [4.69, 9.17) is 0 Å². The Kier molecular flexibility index (Phi) is 8.36. The van der Waals surface area contributed by atoms with Crippen LogP contribution in [0.4, 0.5) is 11.4 Å². The number of hydrogen-bond acceptors (Lipinski definition) is 8. The van der Waals surface area contributed by atoms with Gasteiger partial charge in [-0.25, -0.2) is 0 Å². The quantitative estimate of drug-likeness (QED) is 0.302.